The Bertz CT molecular complexity index is 494. The second-order valence-electron chi connectivity index (χ2n) is 2.55. The van der Waals surface area contributed by atoms with Crippen molar-refractivity contribution in [2.45, 2.75) is 6.42 Å². The first-order valence-corrected chi connectivity index (χ1v) is 4.27. The Morgan fingerprint density at radius 1 is 1.67 bits per heavy atom. The number of aromatic nitrogens is 1. The number of nitriles is 1. The predicted molar refractivity (Wildman–Crippen MR) is 53.1 cm³/mol. The average molecular weight is 221 g/mol. The van der Waals surface area contributed by atoms with E-state index in [-0.39, 0.29) is 11.6 Å². The van der Waals surface area contributed by atoms with Crippen molar-refractivity contribution >= 4 is 17.6 Å². The molecule has 4 nitrogen and oxygen atoms in total. The molecule has 0 bridgehead atoms. The number of halogens is 1. The van der Waals surface area contributed by atoms with Crippen molar-refractivity contribution in [3.05, 3.63) is 28.5 Å². The highest BCUT2D eigenvalue weighted by Crippen LogP contribution is 2.12. The molecule has 0 amide bonds. The van der Waals surface area contributed by atoms with Gasteiger partial charge >= 0.3 is 5.97 Å². The number of hydrogen-bond donors (Lipinski definition) is 1. The fourth-order valence-electron chi connectivity index (χ4n) is 0.812. The van der Waals surface area contributed by atoms with E-state index in [4.69, 9.17) is 22.0 Å². The van der Waals surface area contributed by atoms with Gasteiger partial charge in [-0.3, -0.25) is 4.79 Å². The van der Waals surface area contributed by atoms with Crippen LogP contribution in [0.15, 0.2) is 12.3 Å². The Morgan fingerprint density at radius 3 is 3.00 bits per heavy atom. The summed E-state index contributed by atoms with van der Waals surface area (Å²) in [4.78, 5) is 13.9. The molecule has 0 aliphatic carbocycles. The highest BCUT2D eigenvalue weighted by Gasteiger charge is 2.00. The monoisotopic (exact) mass is 220 g/mol. The van der Waals surface area contributed by atoms with E-state index in [1.807, 2.05) is 6.07 Å². The molecule has 0 aliphatic rings. The number of carbonyl (C=O) groups is 1. The first-order chi connectivity index (χ1) is 7.13. The van der Waals surface area contributed by atoms with Crippen LogP contribution < -0.4 is 0 Å². The minimum absolute atomic E-state index is 0.159. The molecule has 1 aromatic heterocycles. The van der Waals surface area contributed by atoms with Crippen LogP contribution in [-0.2, 0) is 4.79 Å². The summed E-state index contributed by atoms with van der Waals surface area (Å²) in [6.45, 7) is 0. The quantitative estimate of drug-likeness (QED) is 0.574. The lowest BCUT2D eigenvalue weighted by Crippen LogP contribution is -1.91. The molecule has 0 radical (unpaired) electrons. The summed E-state index contributed by atoms with van der Waals surface area (Å²) < 4.78 is 0. The largest absolute Gasteiger partial charge is 0.481 e. The van der Waals surface area contributed by atoms with Gasteiger partial charge in [-0.05, 0) is 6.07 Å². The molecule has 1 N–H and O–H groups in total. The molecular weight excluding hydrogens is 216 g/mol. The zero-order chi connectivity index (χ0) is 11.3. The first kappa shape index (κ1) is 11.0. The van der Waals surface area contributed by atoms with Crippen molar-refractivity contribution in [2.24, 2.45) is 0 Å². The molecule has 0 spiro atoms. The highest BCUT2D eigenvalue weighted by molar-refractivity contribution is 6.30. The van der Waals surface area contributed by atoms with Gasteiger partial charge in [-0.15, -0.1) is 0 Å². The van der Waals surface area contributed by atoms with E-state index in [1.165, 1.54) is 12.3 Å². The summed E-state index contributed by atoms with van der Waals surface area (Å²) in [5.74, 6) is 3.94. The van der Waals surface area contributed by atoms with Crippen molar-refractivity contribution in [3.63, 3.8) is 0 Å². The number of pyridine rings is 1. The minimum Gasteiger partial charge on any atom is -0.481 e. The third-order valence-corrected chi connectivity index (χ3v) is 1.73. The van der Waals surface area contributed by atoms with Gasteiger partial charge in [0.15, 0.2) is 0 Å². The number of carboxylic acid groups (broad SMARTS) is 1. The molecule has 74 valence electrons. The average Bonchev–Trinajstić information content (AvgIpc) is 2.20. The Hall–Kier alpha value is -2.04. The summed E-state index contributed by atoms with van der Waals surface area (Å²) in [5, 5.41) is 17.1. The van der Waals surface area contributed by atoms with Gasteiger partial charge in [0.2, 0.25) is 0 Å². The summed E-state index contributed by atoms with van der Waals surface area (Å²) in [7, 11) is 0. The van der Waals surface area contributed by atoms with Crippen LogP contribution >= 0.6 is 11.6 Å². The van der Waals surface area contributed by atoms with E-state index in [2.05, 4.69) is 16.8 Å². The van der Waals surface area contributed by atoms with Crippen molar-refractivity contribution in [3.8, 4) is 17.9 Å². The SMILES string of the molecule is N#Cc1cnc(Cl)c(C#CCC(=O)O)c1. The molecule has 0 fully saturated rings. The maximum absolute atomic E-state index is 10.2. The topological polar surface area (TPSA) is 74.0 Å². The van der Waals surface area contributed by atoms with Crippen LogP contribution in [0.25, 0.3) is 0 Å². The molecule has 1 rings (SSSR count). The highest BCUT2D eigenvalue weighted by atomic mass is 35.5. The Labute approximate surface area is 91.1 Å². The first-order valence-electron chi connectivity index (χ1n) is 3.90. The summed E-state index contributed by atoms with van der Waals surface area (Å²) in [6, 6.07) is 3.35. The minimum atomic E-state index is -1.01. The maximum atomic E-state index is 10.2. The molecule has 1 aromatic rings. The Balaban J connectivity index is 2.97. The zero-order valence-electron chi connectivity index (χ0n) is 7.49. The third kappa shape index (κ3) is 3.30. The molecule has 15 heavy (non-hydrogen) atoms. The van der Waals surface area contributed by atoms with Gasteiger partial charge in [0.1, 0.15) is 17.6 Å². The fraction of sp³-hybridized carbons (Fsp3) is 0.100. The van der Waals surface area contributed by atoms with Crippen molar-refractivity contribution in [2.75, 3.05) is 0 Å². The van der Waals surface area contributed by atoms with Gasteiger partial charge in [0.25, 0.3) is 0 Å². The second-order valence-corrected chi connectivity index (χ2v) is 2.90. The van der Waals surface area contributed by atoms with Crippen LogP contribution in [-0.4, -0.2) is 16.1 Å². The van der Waals surface area contributed by atoms with E-state index in [9.17, 15) is 4.79 Å². The molecule has 0 aromatic carbocycles. The van der Waals surface area contributed by atoms with Gasteiger partial charge in [0.05, 0.1) is 11.1 Å². The molecular formula is C10H5ClN2O2. The standard InChI is InChI=1S/C10H5ClN2O2/c11-10-8(2-1-3-9(14)15)4-7(5-12)6-13-10/h4,6H,3H2,(H,14,15). The number of carboxylic acids is 1. The van der Waals surface area contributed by atoms with Crippen LogP contribution in [0.3, 0.4) is 0 Å². The van der Waals surface area contributed by atoms with E-state index in [1.54, 1.807) is 0 Å². The van der Waals surface area contributed by atoms with Crippen molar-refractivity contribution in [1.29, 1.82) is 5.26 Å². The lowest BCUT2D eigenvalue weighted by molar-refractivity contribution is -0.135. The van der Waals surface area contributed by atoms with Gasteiger partial charge in [-0.1, -0.05) is 23.4 Å². The van der Waals surface area contributed by atoms with E-state index in [0.717, 1.165) is 0 Å². The summed E-state index contributed by atoms with van der Waals surface area (Å²) in [6.07, 6.45) is 1.05. The Morgan fingerprint density at radius 2 is 2.40 bits per heavy atom. The molecule has 1 heterocycles. The zero-order valence-corrected chi connectivity index (χ0v) is 8.25. The normalized spacial score (nSPS) is 8.53. The summed E-state index contributed by atoms with van der Waals surface area (Å²) in [5.41, 5.74) is 0.691. The third-order valence-electron chi connectivity index (χ3n) is 1.43. The van der Waals surface area contributed by atoms with Crippen LogP contribution in [0.5, 0.6) is 0 Å². The lowest BCUT2D eigenvalue weighted by atomic mass is 10.2. The van der Waals surface area contributed by atoms with Crippen LogP contribution in [0.2, 0.25) is 5.15 Å². The smallest absolute Gasteiger partial charge is 0.315 e. The molecule has 0 unspecified atom stereocenters. The number of hydrogen-bond acceptors (Lipinski definition) is 3. The number of rotatable bonds is 1. The molecule has 0 atom stereocenters. The number of aliphatic carboxylic acids is 1. The lowest BCUT2D eigenvalue weighted by Gasteiger charge is -1.94. The van der Waals surface area contributed by atoms with Gasteiger partial charge in [-0.25, -0.2) is 4.98 Å². The van der Waals surface area contributed by atoms with Crippen molar-refractivity contribution in [1.82, 2.24) is 4.98 Å². The number of nitrogens with zero attached hydrogens (tertiary/aromatic N) is 2. The maximum Gasteiger partial charge on any atom is 0.315 e. The van der Waals surface area contributed by atoms with Gasteiger partial charge in [0, 0.05) is 6.20 Å². The fourth-order valence-corrected chi connectivity index (χ4v) is 0.963. The van der Waals surface area contributed by atoms with Crippen LogP contribution in [0.1, 0.15) is 17.5 Å². The molecule has 0 saturated heterocycles. The Kier molecular flexibility index (Phi) is 3.68. The predicted octanol–water partition coefficient (Wildman–Crippen LogP) is 1.43. The van der Waals surface area contributed by atoms with E-state index >= 15 is 0 Å². The molecule has 0 aliphatic heterocycles. The van der Waals surface area contributed by atoms with E-state index in [0.29, 0.717) is 11.1 Å². The molecule has 0 saturated carbocycles. The van der Waals surface area contributed by atoms with Crippen LogP contribution in [0, 0.1) is 23.2 Å². The van der Waals surface area contributed by atoms with Gasteiger partial charge in [-0.2, -0.15) is 5.26 Å². The van der Waals surface area contributed by atoms with Crippen molar-refractivity contribution < 1.29 is 9.90 Å². The second kappa shape index (κ2) is 4.99. The summed E-state index contributed by atoms with van der Waals surface area (Å²) >= 11 is 5.70. The van der Waals surface area contributed by atoms with E-state index < -0.39 is 5.97 Å². The van der Waals surface area contributed by atoms with Gasteiger partial charge < -0.3 is 5.11 Å². The molecule has 5 heteroatoms. The van der Waals surface area contributed by atoms with Crippen LogP contribution in [0.4, 0.5) is 0 Å².